The molecule has 0 saturated carbocycles. The Hall–Kier alpha value is -1.94. The third kappa shape index (κ3) is 2.42. The van der Waals surface area contributed by atoms with Crippen LogP contribution >= 0.6 is 0 Å². The van der Waals surface area contributed by atoms with Gasteiger partial charge in [-0.15, -0.1) is 0 Å². The van der Waals surface area contributed by atoms with E-state index >= 15 is 0 Å². The first-order valence-corrected chi connectivity index (χ1v) is 5.36. The first-order chi connectivity index (χ1) is 8.22. The van der Waals surface area contributed by atoms with Crippen molar-refractivity contribution in [1.29, 1.82) is 0 Å². The van der Waals surface area contributed by atoms with Crippen LogP contribution in [0.4, 0.5) is 15.9 Å². The fourth-order valence-corrected chi connectivity index (χ4v) is 1.61. The van der Waals surface area contributed by atoms with Crippen LogP contribution in [0, 0.1) is 5.82 Å². The Morgan fingerprint density at radius 1 is 1.18 bits per heavy atom. The summed E-state index contributed by atoms with van der Waals surface area (Å²) < 4.78 is 13.6. The third-order valence-electron chi connectivity index (χ3n) is 2.56. The highest BCUT2D eigenvalue weighted by atomic mass is 19.1. The molecule has 2 N–H and O–H groups in total. The molecule has 0 aliphatic carbocycles. The average Bonchev–Trinajstić information content (AvgIpc) is 2.38. The number of aromatic nitrogens is 1. The molecule has 2 rings (SSSR count). The molecular formula is C13H14FN3. The third-order valence-corrected chi connectivity index (χ3v) is 2.56. The summed E-state index contributed by atoms with van der Waals surface area (Å²) >= 11 is 0. The lowest BCUT2D eigenvalue weighted by Crippen LogP contribution is -2.14. The fraction of sp³-hybridized carbons (Fsp3) is 0.154. The maximum Gasteiger partial charge on any atom is 0.146 e. The maximum absolute atomic E-state index is 13.6. The van der Waals surface area contributed by atoms with Gasteiger partial charge < -0.3 is 10.6 Å². The van der Waals surface area contributed by atoms with Crippen molar-refractivity contribution in [3.05, 3.63) is 54.0 Å². The Bertz CT molecular complexity index is 514. The van der Waals surface area contributed by atoms with Gasteiger partial charge in [-0.2, -0.15) is 0 Å². The predicted octanol–water partition coefficient (Wildman–Crippen LogP) is 2.45. The second kappa shape index (κ2) is 4.93. The molecule has 0 aliphatic rings. The Balaban J connectivity index is 2.37. The Labute approximate surface area is 99.7 Å². The van der Waals surface area contributed by atoms with Crippen LogP contribution in [0.5, 0.6) is 0 Å². The summed E-state index contributed by atoms with van der Waals surface area (Å²) in [6, 6.07) is 12.1. The van der Waals surface area contributed by atoms with Crippen molar-refractivity contribution in [2.24, 2.45) is 5.73 Å². The van der Waals surface area contributed by atoms with Crippen LogP contribution in [0.1, 0.15) is 5.69 Å². The molecule has 1 aromatic carbocycles. The zero-order chi connectivity index (χ0) is 12.3. The topological polar surface area (TPSA) is 42.1 Å². The molecule has 2 aromatic rings. The first-order valence-electron chi connectivity index (χ1n) is 5.36. The van der Waals surface area contributed by atoms with Crippen LogP contribution in [0.15, 0.2) is 42.5 Å². The van der Waals surface area contributed by atoms with E-state index in [0.29, 0.717) is 18.1 Å². The van der Waals surface area contributed by atoms with Gasteiger partial charge in [-0.1, -0.05) is 18.2 Å². The Morgan fingerprint density at radius 2 is 1.94 bits per heavy atom. The molecule has 0 fully saturated rings. The van der Waals surface area contributed by atoms with Crippen LogP contribution in [0.25, 0.3) is 0 Å². The standard InChI is InChI=1S/C13H14FN3/c1-17(12-7-3-2-6-11(12)14)13-8-4-5-10(9-15)16-13/h2-8H,9,15H2,1H3. The number of pyridine rings is 1. The molecule has 0 amide bonds. The van der Waals surface area contributed by atoms with Crippen molar-refractivity contribution in [3.63, 3.8) is 0 Å². The maximum atomic E-state index is 13.6. The SMILES string of the molecule is CN(c1cccc(CN)n1)c1ccccc1F. The molecule has 0 spiro atoms. The van der Waals surface area contributed by atoms with Crippen molar-refractivity contribution in [1.82, 2.24) is 4.98 Å². The van der Waals surface area contributed by atoms with Gasteiger partial charge in [0.25, 0.3) is 0 Å². The molecule has 0 unspecified atom stereocenters. The van der Waals surface area contributed by atoms with Gasteiger partial charge in [-0.25, -0.2) is 9.37 Å². The zero-order valence-electron chi connectivity index (χ0n) is 9.60. The van der Waals surface area contributed by atoms with Gasteiger partial charge in [0.05, 0.1) is 11.4 Å². The van der Waals surface area contributed by atoms with Gasteiger partial charge in [0.2, 0.25) is 0 Å². The fourth-order valence-electron chi connectivity index (χ4n) is 1.61. The van der Waals surface area contributed by atoms with Crippen LogP contribution in [-0.4, -0.2) is 12.0 Å². The number of benzene rings is 1. The van der Waals surface area contributed by atoms with Gasteiger partial charge in [-0.3, -0.25) is 0 Å². The van der Waals surface area contributed by atoms with Crippen LogP contribution in [-0.2, 0) is 6.54 Å². The summed E-state index contributed by atoms with van der Waals surface area (Å²) in [5, 5.41) is 0. The lowest BCUT2D eigenvalue weighted by molar-refractivity contribution is 0.627. The summed E-state index contributed by atoms with van der Waals surface area (Å²) in [6.07, 6.45) is 0. The molecule has 88 valence electrons. The predicted molar refractivity (Wildman–Crippen MR) is 66.6 cm³/mol. The largest absolute Gasteiger partial charge is 0.327 e. The summed E-state index contributed by atoms with van der Waals surface area (Å²) in [4.78, 5) is 6.05. The van der Waals surface area contributed by atoms with E-state index in [-0.39, 0.29) is 5.82 Å². The van der Waals surface area contributed by atoms with Crippen molar-refractivity contribution in [2.45, 2.75) is 6.54 Å². The first kappa shape index (κ1) is 11.5. The van der Waals surface area contributed by atoms with Gasteiger partial charge in [-0.05, 0) is 24.3 Å². The van der Waals surface area contributed by atoms with E-state index in [1.165, 1.54) is 6.07 Å². The van der Waals surface area contributed by atoms with E-state index in [1.54, 1.807) is 30.1 Å². The second-order valence-corrected chi connectivity index (χ2v) is 3.70. The molecule has 1 aromatic heterocycles. The van der Waals surface area contributed by atoms with Crippen molar-refractivity contribution >= 4 is 11.5 Å². The van der Waals surface area contributed by atoms with Crippen LogP contribution < -0.4 is 10.6 Å². The minimum atomic E-state index is -0.269. The number of rotatable bonds is 3. The van der Waals surface area contributed by atoms with E-state index in [1.807, 2.05) is 18.2 Å². The highest BCUT2D eigenvalue weighted by Gasteiger charge is 2.09. The van der Waals surface area contributed by atoms with Crippen LogP contribution in [0.2, 0.25) is 0 Å². The molecule has 0 saturated heterocycles. The quantitative estimate of drug-likeness (QED) is 0.882. The number of anilines is 2. The molecular weight excluding hydrogens is 217 g/mol. The minimum Gasteiger partial charge on any atom is -0.327 e. The molecule has 3 nitrogen and oxygen atoms in total. The second-order valence-electron chi connectivity index (χ2n) is 3.70. The minimum absolute atomic E-state index is 0.269. The van der Waals surface area contributed by atoms with E-state index in [2.05, 4.69) is 4.98 Å². The molecule has 0 aliphatic heterocycles. The lowest BCUT2D eigenvalue weighted by Gasteiger charge is -2.19. The molecule has 4 heteroatoms. The number of hydrogen-bond donors (Lipinski definition) is 1. The smallest absolute Gasteiger partial charge is 0.146 e. The molecule has 0 atom stereocenters. The zero-order valence-corrected chi connectivity index (χ0v) is 9.60. The number of para-hydroxylation sites is 1. The van der Waals surface area contributed by atoms with Gasteiger partial charge in [0.15, 0.2) is 0 Å². The number of hydrogen-bond acceptors (Lipinski definition) is 3. The van der Waals surface area contributed by atoms with Gasteiger partial charge in [0.1, 0.15) is 11.6 Å². The normalized spacial score (nSPS) is 10.3. The van der Waals surface area contributed by atoms with E-state index in [4.69, 9.17) is 5.73 Å². The monoisotopic (exact) mass is 231 g/mol. The summed E-state index contributed by atoms with van der Waals surface area (Å²) in [5.41, 5.74) is 6.81. The molecule has 0 radical (unpaired) electrons. The van der Waals surface area contributed by atoms with E-state index in [9.17, 15) is 4.39 Å². The van der Waals surface area contributed by atoms with E-state index < -0.39 is 0 Å². The van der Waals surface area contributed by atoms with Gasteiger partial charge >= 0.3 is 0 Å². The summed E-state index contributed by atoms with van der Waals surface area (Å²) in [6.45, 7) is 0.374. The van der Waals surface area contributed by atoms with E-state index in [0.717, 1.165) is 5.69 Å². The summed E-state index contributed by atoms with van der Waals surface area (Å²) in [5.74, 6) is 0.410. The highest BCUT2D eigenvalue weighted by molar-refractivity contribution is 5.59. The average molecular weight is 231 g/mol. The number of nitrogens with two attached hydrogens (primary N) is 1. The number of nitrogens with zero attached hydrogens (tertiary/aromatic N) is 2. The van der Waals surface area contributed by atoms with Crippen molar-refractivity contribution in [3.8, 4) is 0 Å². The Kier molecular flexibility index (Phi) is 3.35. The van der Waals surface area contributed by atoms with Gasteiger partial charge in [0, 0.05) is 13.6 Å². The summed E-state index contributed by atoms with van der Waals surface area (Å²) in [7, 11) is 1.78. The highest BCUT2D eigenvalue weighted by Crippen LogP contribution is 2.24. The lowest BCUT2D eigenvalue weighted by atomic mass is 10.2. The Morgan fingerprint density at radius 3 is 2.65 bits per heavy atom. The molecule has 1 heterocycles. The van der Waals surface area contributed by atoms with Crippen molar-refractivity contribution < 1.29 is 4.39 Å². The molecule has 0 bridgehead atoms. The number of halogens is 1. The molecule has 17 heavy (non-hydrogen) atoms. The van der Waals surface area contributed by atoms with Crippen molar-refractivity contribution in [2.75, 3.05) is 11.9 Å². The van der Waals surface area contributed by atoms with Crippen LogP contribution in [0.3, 0.4) is 0 Å².